The van der Waals surface area contributed by atoms with Gasteiger partial charge in [-0.3, -0.25) is 4.79 Å². The summed E-state index contributed by atoms with van der Waals surface area (Å²) >= 11 is 1.11. The molecule has 0 atom stereocenters. The van der Waals surface area contributed by atoms with Gasteiger partial charge in [0, 0.05) is 18.1 Å². The van der Waals surface area contributed by atoms with Crippen molar-refractivity contribution >= 4 is 34.2 Å². The Balaban J connectivity index is 2.00. The number of hydrogen-bond donors (Lipinski definition) is 0. The van der Waals surface area contributed by atoms with E-state index in [-0.39, 0.29) is 12.4 Å². The van der Waals surface area contributed by atoms with Gasteiger partial charge in [0.2, 0.25) is 0 Å². The second kappa shape index (κ2) is 7.79. The van der Waals surface area contributed by atoms with Crippen LogP contribution >= 0.6 is 11.3 Å². The number of amides is 1. The summed E-state index contributed by atoms with van der Waals surface area (Å²) in [4.78, 5) is 29.6. The molecule has 0 aliphatic carbocycles. The zero-order chi connectivity index (χ0) is 19.6. The molecule has 0 bridgehead atoms. The first kappa shape index (κ1) is 18.9. The SMILES string of the molecule is CCOC(=O)c1sc(=NC(=O)c2cc3cccc(OCC)c3o2)n(C)c1C. The Bertz CT molecular complexity index is 1070. The number of ether oxygens (including phenoxy) is 2. The maximum absolute atomic E-state index is 12.6. The molecule has 0 fully saturated rings. The molecule has 0 aliphatic rings. The molecule has 0 spiro atoms. The van der Waals surface area contributed by atoms with Crippen molar-refractivity contribution in [2.24, 2.45) is 12.0 Å². The van der Waals surface area contributed by atoms with Crippen LogP contribution in [0.4, 0.5) is 0 Å². The summed E-state index contributed by atoms with van der Waals surface area (Å²) in [6.07, 6.45) is 0. The molecule has 142 valence electrons. The summed E-state index contributed by atoms with van der Waals surface area (Å²) in [6, 6.07) is 7.10. The quantitative estimate of drug-likeness (QED) is 0.625. The lowest BCUT2D eigenvalue weighted by atomic mass is 10.2. The highest BCUT2D eigenvalue weighted by Crippen LogP contribution is 2.29. The Morgan fingerprint density at radius 1 is 1.26 bits per heavy atom. The Kier molecular flexibility index (Phi) is 5.46. The molecule has 0 radical (unpaired) electrons. The minimum absolute atomic E-state index is 0.112. The molecule has 0 aliphatic heterocycles. The zero-order valence-corrected chi connectivity index (χ0v) is 16.4. The standard InChI is InChI=1S/C19H20N2O5S/c1-5-24-13-9-7-8-12-10-14(26-15(12)13)17(22)20-19-21(4)11(3)16(27-19)18(23)25-6-2/h7-10H,5-6H2,1-4H3. The van der Waals surface area contributed by atoms with Crippen molar-refractivity contribution < 1.29 is 23.5 Å². The molecule has 2 aromatic heterocycles. The van der Waals surface area contributed by atoms with Gasteiger partial charge in [0.1, 0.15) is 4.88 Å². The van der Waals surface area contributed by atoms with Crippen LogP contribution in [-0.2, 0) is 11.8 Å². The average Bonchev–Trinajstić information content (AvgIpc) is 3.20. The molecule has 3 aromatic rings. The summed E-state index contributed by atoms with van der Waals surface area (Å²) in [5.74, 6) is -0.257. The summed E-state index contributed by atoms with van der Waals surface area (Å²) < 4.78 is 17.9. The minimum atomic E-state index is -0.527. The van der Waals surface area contributed by atoms with Crippen molar-refractivity contribution in [1.29, 1.82) is 0 Å². The second-order valence-corrected chi connectivity index (χ2v) is 6.69. The van der Waals surface area contributed by atoms with Crippen molar-refractivity contribution in [3.63, 3.8) is 0 Å². The first-order valence-electron chi connectivity index (χ1n) is 8.54. The van der Waals surface area contributed by atoms with E-state index in [0.717, 1.165) is 16.7 Å². The van der Waals surface area contributed by atoms with Gasteiger partial charge in [-0.2, -0.15) is 4.99 Å². The number of para-hydroxylation sites is 1. The number of aromatic nitrogens is 1. The molecule has 8 heteroatoms. The normalized spacial score (nSPS) is 11.8. The third-order valence-electron chi connectivity index (χ3n) is 3.99. The van der Waals surface area contributed by atoms with Crippen LogP contribution < -0.4 is 9.54 Å². The van der Waals surface area contributed by atoms with E-state index in [9.17, 15) is 9.59 Å². The molecule has 7 nitrogen and oxygen atoms in total. The molecule has 1 aromatic carbocycles. The fourth-order valence-corrected chi connectivity index (χ4v) is 3.58. The van der Waals surface area contributed by atoms with Gasteiger partial charge in [0.25, 0.3) is 0 Å². The number of thiazole rings is 1. The molecule has 0 saturated heterocycles. The van der Waals surface area contributed by atoms with Crippen LogP contribution in [0.3, 0.4) is 0 Å². The van der Waals surface area contributed by atoms with Gasteiger partial charge in [-0.05, 0) is 32.9 Å². The first-order valence-corrected chi connectivity index (χ1v) is 9.35. The van der Waals surface area contributed by atoms with E-state index in [1.807, 2.05) is 19.1 Å². The van der Waals surface area contributed by atoms with Gasteiger partial charge in [-0.15, -0.1) is 0 Å². The summed E-state index contributed by atoms with van der Waals surface area (Å²) in [5.41, 5.74) is 1.20. The molecule has 0 N–H and O–H groups in total. The van der Waals surface area contributed by atoms with Crippen molar-refractivity contribution in [1.82, 2.24) is 4.57 Å². The fraction of sp³-hybridized carbons (Fsp3) is 0.316. The van der Waals surface area contributed by atoms with Crippen LogP contribution in [0.15, 0.2) is 33.7 Å². The highest BCUT2D eigenvalue weighted by molar-refractivity contribution is 7.11. The minimum Gasteiger partial charge on any atom is -0.490 e. The number of carbonyl (C=O) groups excluding carboxylic acids is 2. The van der Waals surface area contributed by atoms with E-state index in [4.69, 9.17) is 13.9 Å². The van der Waals surface area contributed by atoms with Crippen LogP contribution in [-0.4, -0.2) is 29.7 Å². The van der Waals surface area contributed by atoms with Crippen molar-refractivity contribution in [2.75, 3.05) is 13.2 Å². The molecule has 2 heterocycles. The monoisotopic (exact) mass is 388 g/mol. The summed E-state index contributed by atoms with van der Waals surface area (Å²) in [6.45, 7) is 6.18. The number of rotatable bonds is 5. The Labute approximate surface area is 159 Å². The van der Waals surface area contributed by atoms with Crippen LogP contribution in [0.2, 0.25) is 0 Å². The van der Waals surface area contributed by atoms with E-state index in [1.54, 1.807) is 37.6 Å². The average molecular weight is 388 g/mol. The van der Waals surface area contributed by atoms with Crippen molar-refractivity contribution in [3.05, 3.63) is 45.4 Å². The molecule has 27 heavy (non-hydrogen) atoms. The molecular formula is C19H20N2O5S. The lowest BCUT2D eigenvalue weighted by molar-refractivity contribution is 0.0530. The van der Waals surface area contributed by atoms with E-state index in [2.05, 4.69) is 4.99 Å². The molecule has 0 unspecified atom stereocenters. The van der Waals surface area contributed by atoms with Crippen molar-refractivity contribution in [2.45, 2.75) is 20.8 Å². The van der Waals surface area contributed by atoms with E-state index < -0.39 is 11.9 Å². The highest BCUT2D eigenvalue weighted by Gasteiger charge is 2.18. The number of hydrogen-bond acceptors (Lipinski definition) is 6. The van der Waals surface area contributed by atoms with Crippen LogP contribution in [0, 0.1) is 6.92 Å². The number of carbonyl (C=O) groups is 2. The third-order valence-corrected chi connectivity index (χ3v) is 5.20. The number of furan rings is 1. The summed E-state index contributed by atoms with van der Waals surface area (Å²) in [5, 5.41) is 0.762. The van der Waals surface area contributed by atoms with Gasteiger partial charge in [0.05, 0.1) is 13.2 Å². The Morgan fingerprint density at radius 3 is 2.74 bits per heavy atom. The van der Waals surface area contributed by atoms with Crippen LogP contribution in [0.25, 0.3) is 11.0 Å². The van der Waals surface area contributed by atoms with Crippen LogP contribution in [0.5, 0.6) is 5.75 Å². The molecule has 0 saturated carbocycles. The van der Waals surface area contributed by atoms with Gasteiger partial charge < -0.3 is 18.5 Å². The lowest BCUT2D eigenvalue weighted by Crippen LogP contribution is -2.14. The fourth-order valence-electron chi connectivity index (χ4n) is 2.57. The Hall–Kier alpha value is -2.87. The topological polar surface area (TPSA) is 83.0 Å². The first-order chi connectivity index (χ1) is 13.0. The second-order valence-electron chi connectivity index (χ2n) is 5.71. The van der Waals surface area contributed by atoms with E-state index in [0.29, 0.717) is 33.3 Å². The maximum atomic E-state index is 12.6. The lowest BCUT2D eigenvalue weighted by Gasteiger charge is -2.01. The maximum Gasteiger partial charge on any atom is 0.350 e. The summed E-state index contributed by atoms with van der Waals surface area (Å²) in [7, 11) is 1.74. The van der Waals surface area contributed by atoms with Crippen LogP contribution in [0.1, 0.15) is 39.8 Å². The molecule has 1 amide bonds. The van der Waals surface area contributed by atoms with Crippen molar-refractivity contribution in [3.8, 4) is 5.75 Å². The highest BCUT2D eigenvalue weighted by atomic mass is 32.1. The van der Waals surface area contributed by atoms with E-state index in [1.165, 1.54) is 0 Å². The van der Waals surface area contributed by atoms with Gasteiger partial charge in [-0.1, -0.05) is 23.5 Å². The van der Waals surface area contributed by atoms with Gasteiger partial charge in [0.15, 0.2) is 21.9 Å². The number of fused-ring (bicyclic) bond motifs is 1. The number of nitrogens with zero attached hydrogens (tertiary/aromatic N) is 2. The molecule has 3 rings (SSSR count). The number of esters is 1. The predicted octanol–water partition coefficient (Wildman–Crippen LogP) is 3.46. The largest absolute Gasteiger partial charge is 0.490 e. The van der Waals surface area contributed by atoms with Gasteiger partial charge >= 0.3 is 11.9 Å². The Morgan fingerprint density at radius 2 is 2.04 bits per heavy atom. The third kappa shape index (κ3) is 3.66. The smallest absolute Gasteiger partial charge is 0.350 e. The van der Waals surface area contributed by atoms with Gasteiger partial charge in [-0.25, -0.2) is 4.79 Å². The predicted molar refractivity (Wildman–Crippen MR) is 101 cm³/mol. The molecular weight excluding hydrogens is 368 g/mol. The zero-order valence-electron chi connectivity index (χ0n) is 15.6. The number of benzene rings is 1. The van der Waals surface area contributed by atoms with E-state index >= 15 is 0 Å².